The van der Waals surface area contributed by atoms with Crippen LogP contribution in [0.3, 0.4) is 0 Å². The molecule has 0 aromatic heterocycles. The van der Waals surface area contributed by atoms with Crippen LogP contribution in [0.15, 0.2) is 24.3 Å². The third kappa shape index (κ3) is 4.00. The number of hydrogen-bond acceptors (Lipinski definition) is 4. The summed E-state index contributed by atoms with van der Waals surface area (Å²) in [6.45, 7) is 2.01. The third-order valence-corrected chi connectivity index (χ3v) is 2.27. The zero-order valence-corrected chi connectivity index (χ0v) is 9.48. The van der Waals surface area contributed by atoms with Crippen LogP contribution < -0.4 is 16.2 Å². The van der Waals surface area contributed by atoms with Crippen LogP contribution in [0, 0.1) is 0 Å². The second-order valence-corrected chi connectivity index (χ2v) is 3.70. The van der Waals surface area contributed by atoms with E-state index in [9.17, 15) is 4.79 Å². The molecule has 0 spiro atoms. The summed E-state index contributed by atoms with van der Waals surface area (Å²) in [5.74, 6) is 0.209. The van der Waals surface area contributed by atoms with Gasteiger partial charge in [0.1, 0.15) is 5.75 Å². The molecule has 0 fully saturated rings. The van der Waals surface area contributed by atoms with Gasteiger partial charge in [0.05, 0.1) is 0 Å². The van der Waals surface area contributed by atoms with E-state index in [-0.39, 0.29) is 12.0 Å². The summed E-state index contributed by atoms with van der Waals surface area (Å²) in [6.07, 6.45) is 1.72. The lowest BCUT2D eigenvalue weighted by atomic mass is 10.0. The SMILES string of the molecule is CC(=O)Oc1cccc([C@H](N)CCCN)c1. The molecule has 0 aliphatic heterocycles. The summed E-state index contributed by atoms with van der Waals surface area (Å²) in [6, 6.07) is 7.23. The van der Waals surface area contributed by atoms with E-state index in [0.717, 1.165) is 18.4 Å². The second-order valence-electron chi connectivity index (χ2n) is 3.70. The van der Waals surface area contributed by atoms with Gasteiger partial charge in [-0.15, -0.1) is 0 Å². The topological polar surface area (TPSA) is 78.3 Å². The Bertz CT molecular complexity index is 353. The molecule has 0 saturated heterocycles. The zero-order valence-electron chi connectivity index (χ0n) is 9.48. The van der Waals surface area contributed by atoms with Crippen molar-refractivity contribution in [2.24, 2.45) is 11.5 Å². The fraction of sp³-hybridized carbons (Fsp3) is 0.417. The van der Waals surface area contributed by atoms with Gasteiger partial charge < -0.3 is 16.2 Å². The Morgan fingerprint density at radius 2 is 2.25 bits per heavy atom. The minimum absolute atomic E-state index is 0.0564. The molecule has 0 aliphatic rings. The van der Waals surface area contributed by atoms with Crippen molar-refractivity contribution in [3.05, 3.63) is 29.8 Å². The summed E-state index contributed by atoms with van der Waals surface area (Å²) in [7, 11) is 0. The van der Waals surface area contributed by atoms with Crippen molar-refractivity contribution >= 4 is 5.97 Å². The highest BCUT2D eigenvalue weighted by Crippen LogP contribution is 2.20. The van der Waals surface area contributed by atoms with Gasteiger partial charge in [-0.3, -0.25) is 4.79 Å². The summed E-state index contributed by atoms with van der Waals surface area (Å²) in [4.78, 5) is 10.8. The summed E-state index contributed by atoms with van der Waals surface area (Å²) in [5.41, 5.74) is 12.4. The predicted octanol–water partition coefficient (Wildman–Crippen LogP) is 1.35. The van der Waals surface area contributed by atoms with Crippen LogP contribution in [-0.4, -0.2) is 12.5 Å². The maximum Gasteiger partial charge on any atom is 0.308 e. The molecule has 0 bridgehead atoms. The van der Waals surface area contributed by atoms with Crippen molar-refractivity contribution < 1.29 is 9.53 Å². The minimum atomic E-state index is -0.326. The Morgan fingerprint density at radius 3 is 2.88 bits per heavy atom. The smallest absolute Gasteiger partial charge is 0.308 e. The number of carbonyl (C=O) groups is 1. The Labute approximate surface area is 95.6 Å². The maximum absolute atomic E-state index is 10.8. The molecule has 0 unspecified atom stereocenters. The number of rotatable bonds is 5. The Balaban J connectivity index is 2.69. The lowest BCUT2D eigenvalue weighted by molar-refractivity contribution is -0.131. The molecule has 1 aromatic carbocycles. The first kappa shape index (κ1) is 12.7. The van der Waals surface area contributed by atoms with Crippen LogP contribution in [0.25, 0.3) is 0 Å². The van der Waals surface area contributed by atoms with Crippen LogP contribution in [0.2, 0.25) is 0 Å². The first-order valence-corrected chi connectivity index (χ1v) is 5.37. The van der Waals surface area contributed by atoms with E-state index < -0.39 is 0 Å². The highest BCUT2D eigenvalue weighted by Gasteiger charge is 2.07. The number of benzene rings is 1. The molecule has 16 heavy (non-hydrogen) atoms. The van der Waals surface area contributed by atoms with Crippen molar-refractivity contribution in [2.45, 2.75) is 25.8 Å². The van der Waals surface area contributed by atoms with E-state index in [1.54, 1.807) is 12.1 Å². The third-order valence-electron chi connectivity index (χ3n) is 2.27. The largest absolute Gasteiger partial charge is 0.427 e. The molecule has 0 heterocycles. The Morgan fingerprint density at radius 1 is 1.50 bits per heavy atom. The van der Waals surface area contributed by atoms with Crippen molar-refractivity contribution in [1.82, 2.24) is 0 Å². The first-order chi connectivity index (χ1) is 7.63. The number of hydrogen-bond donors (Lipinski definition) is 2. The van der Waals surface area contributed by atoms with Crippen molar-refractivity contribution in [3.8, 4) is 5.75 Å². The number of ether oxygens (including phenoxy) is 1. The minimum Gasteiger partial charge on any atom is -0.427 e. The van der Waals surface area contributed by atoms with Crippen LogP contribution in [0.5, 0.6) is 5.75 Å². The number of esters is 1. The summed E-state index contributed by atoms with van der Waals surface area (Å²) >= 11 is 0. The van der Waals surface area contributed by atoms with Crippen molar-refractivity contribution in [2.75, 3.05) is 6.54 Å². The second kappa shape index (κ2) is 6.25. The predicted molar refractivity (Wildman–Crippen MR) is 63.0 cm³/mol. The van der Waals surface area contributed by atoms with E-state index in [1.807, 2.05) is 12.1 Å². The van der Waals surface area contributed by atoms with Crippen molar-refractivity contribution in [3.63, 3.8) is 0 Å². The quantitative estimate of drug-likeness (QED) is 0.582. The molecule has 88 valence electrons. The van der Waals surface area contributed by atoms with Crippen LogP contribution in [-0.2, 0) is 4.79 Å². The highest BCUT2D eigenvalue weighted by atomic mass is 16.5. The van der Waals surface area contributed by atoms with Gasteiger partial charge in [0.2, 0.25) is 0 Å². The molecule has 0 amide bonds. The van der Waals surface area contributed by atoms with E-state index >= 15 is 0 Å². The van der Waals surface area contributed by atoms with Crippen LogP contribution >= 0.6 is 0 Å². The molecule has 0 radical (unpaired) electrons. The lowest BCUT2D eigenvalue weighted by Gasteiger charge is -2.12. The van der Waals surface area contributed by atoms with E-state index in [2.05, 4.69) is 0 Å². The van der Waals surface area contributed by atoms with Crippen molar-refractivity contribution in [1.29, 1.82) is 0 Å². The van der Waals surface area contributed by atoms with E-state index in [1.165, 1.54) is 6.92 Å². The Hall–Kier alpha value is -1.39. The molecule has 4 nitrogen and oxygen atoms in total. The fourth-order valence-corrected chi connectivity index (χ4v) is 1.48. The molecule has 1 aromatic rings. The van der Waals surface area contributed by atoms with Gasteiger partial charge >= 0.3 is 5.97 Å². The van der Waals surface area contributed by atoms with Gasteiger partial charge in [0.25, 0.3) is 0 Å². The average Bonchev–Trinajstić information content (AvgIpc) is 2.25. The van der Waals surface area contributed by atoms with Gasteiger partial charge in [-0.05, 0) is 37.1 Å². The van der Waals surface area contributed by atoms with Gasteiger partial charge in [0.15, 0.2) is 0 Å². The molecule has 4 N–H and O–H groups in total. The van der Waals surface area contributed by atoms with E-state index in [0.29, 0.717) is 12.3 Å². The fourth-order valence-electron chi connectivity index (χ4n) is 1.48. The van der Waals surface area contributed by atoms with Gasteiger partial charge in [-0.1, -0.05) is 12.1 Å². The normalized spacial score (nSPS) is 12.2. The van der Waals surface area contributed by atoms with E-state index in [4.69, 9.17) is 16.2 Å². The van der Waals surface area contributed by atoms with Crippen LogP contribution in [0.1, 0.15) is 31.4 Å². The monoisotopic (exact) mass is 222 g/mol. The van der Waals surface area contributed by atoms with Crippen LogP contribution in [0.4, 0.5) is 0 Å². The first-order valence-electron chi connectivity index (χ1n) is 5.37. The van der Waals surface area contributed by atoms with Gasteiger partial charge in [-0.25, -0.2) is 0 Å². The molecule has 0 aliphatic carbocycles. The molecular weight excluding hydrogens is 204 g/mol. The average molecular weight is 222 g/mol. The maximum atomic E-state index is 10.8. The highest BCUT2D eigenvalue weighted by molar-refractivity contribution is 5.69. The molecule has 4 heteroatoms. The molecule has 0 saturated carbocycles. The molecule has 1 rings (SSSR count). The molecular formula is C12H18N2O2. The van der Waals surface area contributed by atoms with Gasteiger partial charge in [0, 0.05) is 13.0 Å². The number of nitrogens with two attached hydrogens (primary N) is 2. The summed E-state index contributed by atoms with van der Waals surface area (Å²) in [5, 5.41) is 0. The molecule has 1 atom stereocenters. The van der Waals surface area contributed by atoms with Gasteiger partial charge in [-0.2, -0.15) is 0 Å². The summed E-state index contributed by atoms with van der Waals surface area (Å²) < 4.78 is 4.99. The standard InChI is InChI=1S/C12H18N2O2/c1-9(15)16-11-5-2-4-10(8-11)12(14)6-3-7-13/h2,4-5,8,12H,3,6-7,13-14H2,1H3/t12-/m1/s1. The Kier molecular flexibility index (Phi) is 4.95. The zero-order chi connectivity index (χ0) is 12.0. The lowest BCUT2D eigenvalue weighted by Crippen LogP contribution is -2.12. The number of carbonyl (C=O) groups excluding carboxylic acids is 1.